The highest BCUT2D eigenvalue weighted by molar-refractivity contribution is 9.10. The molecule has 43 heavy (non-hydrogen) atoms. The van der Waals surface area contributed by atoms with Gasteiger partial charge in [0, 0.05) is 5.69 Å². The first kappa shape index (κ1) is 32.5. The molecule has 1 heterocycles. The average Bonchev–Trinajstić information content (AvgIpc) is 3.33. The van der Waals surface area contributed by atoms with Crippen molar-refractivity contribution in [2.45, 2.75) is 71.1 Å². The normalized spacial score (nSPS) is 14.4. The summed E-state index contributed by atoms with van der Waals surface area (Å²) in [5, 5.41) is 3.46. The number of carbonyl (C=O) groups excluding carboxylic acids is 3. The fourth-order valence-corrected chi connectivity index (χ4v) is 6.99. The van der Waals surface area contributed by atoms with Crippen LogP contribution in [0.15, 0.2) is 59.1 Å². The lowest BCUT2D eigenvalue weighted by Gasteiger charge is -2.30. The van der Waals surface area contributed by atoms with E-state index in [0.717, 1.165) is 42.5 Å². The number of hydrogen-bond donors (Lipinski definition) is 1. The predicted octanol–water partition coefficient (Wildman–Crippen LogP) is 7.79. The highest BCUT2D eigenvalue weighted by atomic mass is 79.9. The van der Waals surface area contributed by atoms with Crippen LogP contribution in [0.5, 0.6) is 5.75 Å². The van der Waals surface area contributed by atoms with Crippen LogP contribution in [0.1, 0.15) is 68.1 Å². The van der Waals surface area contributed by atoms with Gasteiger partial charge in [0.25, 0.3) is 0 Å². The number of benzene rings is 2. The Morgan fingerprint density at radius 3 is 2.42 bits per heavy atom. The topological polar surface area (TPSA) is 100 Å². The van der Waals surface area contributed by atoms with Crippen LogP contribution in [-0.4, -0.2) is 43.3 Å². The molecule has 0 amide bonds. The van der Waals surface area contributed by atoms with Gasteiger partial charge in [-0.25, -0.2) is 14.4 Å². The van der Waals surface area contributed by atoms with Crippen molar-refractivity contribution < 1.29 is 33.3 Å². The third-order valence-corrected chi connectivity index (χ3v) is 9.20. The number of esters is 3. The first-order valence-electron chi connectivity index (χ1n) is 14.4. The molecule has 230 valence electrons. The summed E-state index contributed by atoms with van der Waals surface area (Å²) in [6, 6.07) is 16.8. The van der Waals surface area contributed by atoms with Crippen LogP contribution in [0, 0.1) is 5.92 Å². The molecule has 0 radical (unpaired) electrons. The van der Waals surface area contributed by atoms with Crippen molar-refractivity contribution in [3.05, 3.63) is 69.5 Å². The van der Waals surface area contributed by atoms with Crippen molar-refractivity contribution >= 4 is 50.9 Å². The Hall–Kier alpha value is -3.37. The minimum absolute atomic E-state index is 0.160. The highest BCUT2D eigenvalue weighted by Crippen LogP contribution is 2.46. The summed E-state index contributed by atoms with van der Waals surface area (Å²) in [5.41, 5.74) is 1.81. The maximum absolute atomic E-state index is 13.4. The number of nitrogens with one attached hydrogen (secondary N) is 1. The molecular formula is C33H38BrNO7S. The molecule has 1 fully saturated rings. The molecule has 1 aliphatic rings. The van der Waals surface area contributed by atoms with E-state index in [9.17, 15) is 14.4 Å². The van der Waals surface area contributed by atoms with Crippen LogP contribution in [0.4, 0.5) is 5.69 Å². The summed E-state index contributed by atoms with van der Waals surface area (Å²) in [6.07, 6.45) is 5.24. The summed E-state index contributed by atoms with van der Waals surface area (Å²) in [4.78, 5) is 39.3. The summed E-state index contributed by atoms with van der Waals surface area (Å²) in [7, 11) is 1.29. The van der Waals surface area contributed by atoms with Crippen molar-refractivity contribution in [2.75, 3.05) is 19.0 Å². The molecule has 1 unspecified atom stereocenters. The molecule has 1 saturated carbocycles. The van der Waals surface area contributed by atoms with E-state index in [0.29, 0.717) is 9.35 Å². The first-order chi connectivity index (χ1) is 20.6. The van der Waals surface area contributed by atoms with E-state index in [1.54, 1.807) is 20.8 Å². The quantitative estimate of drug-likeness (QED) is 0.163. The Bertz CT molecular complexity index is 1410. The Morgan fingerprint density at radius 2 is 1.74 bits per heavy atom. The zero-order valence-corrected chi connectivity index (χ0v) is 27.3. The Morgan fingerprint density at radius 1 is 1.02 bits per heavy atom. The number of ether oxygens (including phenoxy) is 4. The monoisotopic (exact) mass is 671 g/mol. The van der Waals surface area contributed by atoms with Crippen LogP contribution in [0.3, 0.4) is 0 Å². The number of anilines is 1. The molecule has 0 saturated heterocycles. The number of halogens is 1. The highest BCUT2D eigenvalue weighted by Gasteiger charge is 2.31. The van der Waals surface area contributed by atoms with E-state index in [-0.39, 0.29) is 35.7 Å². The molecule has 1 aromatic heterocycles. The smallest absolute Gasteiger partial charge is 0.351 e. The molecule has 1 aliphatic carbocycles. The fourth-order valence-electron chi connectivity index (χ4n) is 5.02. The molecular weight excluding hydrogens is 634 g/mol. The SMILES string of the molecule is COC(=O)c1sc(-c2cccc(NC(C(=O)OCc3ccccc3)C3CCCCC3)c2)c(Br)c1OCC(=O)OC(C)(C)C. The van der Waals surface area contributed by atoms with Gasteiger partial charge in [-0.1, -0.05) is 61.7 Å². The second-order valence-corrected chi connectivity index (χ2v) is 13.3. The lowest BCUT2D eigenvalue weighted by atomic mass is 9.83. The lowest BCUT2D eigenvalue weighted by Crippen LogP contribution is -2.39. The molecule has 0 bridgehead atoms. The summed E-state index contributed by atoms with van der Waals surface area (Å²) < 4.78 is 22.4. The van der Waals surface area contributed by atoms with Gasteiger partial charge in [0.2, 0.25) is 0 Å². The van der Waals surface area contributed by atoms with E-state index in [1.807, 2.05) is 54.6 Å². The molecule has 2 aromatic carbocycles. The third-order valence-electron chi connectivity index (χ3n) is 6.98. The second-order valence-electron chi connectivity index (χ2n) is 11.5. The van der Waals surface area contributed by atoms with Gasteiger partial charge in [0.15, 0.2) is 17.2 Å². The van der Waals surface area contributed by atoms with Gasteiger partial charge >= 0.3 is 17.9 Å². The molecule has 8 nitrogen and oxygen atoms in total. The summed E-state index contributed by atoms with van der Waals surface area (Å²) in [5.74, 6) is -1.04. The van der Waals surface area contributed by atoms with Crippen LogP contribution < -0.4 is 10.1 Å². The van der Waals surface area contributed by atoms with E-state index in [2.05, 4.69) is 21.2 Å². The van der Waals surface area contributed by atoms with Gasteiger partial charge in [-0.15, -0.1) is 11.3 Å². The van der Waals surface area contributed by atoms with Crippen molar-refractivity contribution in [1.29, 1.82) is 0 Å². The van der Waals surface area contributed by atoms with Gasteiger partial charge in [0.05, 0.1) is 16.5 Å². The number of methoxy groups -OCH3 is 1. The van der Waals surface area contributed by atoms with E-state index in [1.165, 1.54) is 24.9 Å². The summed E-state index contributed by atoms with van der Waals surface area (Å²) >= 11 is 4.77. The zero-order valence-electron chi connectivity index (χ0n) is 24.9. The Balaban J connectivity index is 1.57. The van der Waals surface area contributed by atoms with E-state index < -0.39 is 23.6 Å². The molecule has 4 rings (SSSR count). The van der Waals surface area contributed by atoms with Crippen LogP contribution in [0.2, 0.25) is 0 Å². The molecule has 1 N–H and O–H groups in total. The van der Waals surface area contributed by atoms with Crippen LogP contribution >= 0.6 is 27.3 Å². The number of thiophene rings is 1. The van der Waals surface area contributed by atoms with Gasteiger partial charge < -0.3 is 24.3 Å². The maximum Gasteiger partial charge on any atom is 0.351 e. The maximum atomic E-state index is 13.4. The van der Waals surface area contributed by atoms with Crippen LogP contribution in [-0.2, 0) is 30.4 Å². The van der Waals surface area contributed by atoms with Gasteiger partial charge in [-0.3, -0.25) is 0 Å². The van der Waals surface area contributed by atoms with Gasteiger partial charge in [-0.2, -0.15) is 0 Å². The zero-order chi connectivity index (χ0) is 31.0. The van der Waals surface area contributed by atoms with Crippen molar-refractivity contribution in [1.82, 2.24) is 0 Å². The molecule has 0 aliphatic heterocycles. The minimum Gasteiger partial charge on any atom is -0.479 e. The van der Waals surface area contributed by atoms with Crippen molar-refractivity contribution in [2.24, 2.45) is 5.92 Å². The first-order valence-corrected chi connectivity index (χ1v) is 16.0. The molecule has 1 atom stereocenters. The van der Waals surface area contributed by atoms with E-state index in [4.69, 9.17) is 18.9 Å². The predicted molar refractivity (Wildman–Crippen MR) is 170 cm³/mol. The van der Waals surface area contributed by atoms with Gasteiger partial charge in [0.1, 0.15) is 18.2 Å². The Labute approximate surface area is 265 Å². The number of hydrogen-bond acceptors (Lipinski definition) is 9. The lowest BCUT2D eigenvalue weighted by molar-refractivity contribution is -0.157. The van der Waals surface area contributed by atoms with E-state index >= 15 is 0 Å². The molecule has 3 aromatic rings. The Kier molecular flexibility index (Phi) is 11.3. The second kappa shape index (κ2) is 14.9. The fraction of sp³-hybridized carbons (Fsp3) is 0.424. The van der Waals surface area contributed by atoms with Crippen molar-refractivity contribution in [3.8, 4) is 16.2 Å². The molecule has 10 heteroatoms. The minimum atomic E-state index is -0.667. The largest absolute Gasteiger partial charge is 0.479 e. The molecule has 0 spiro atoms. The number of carbonyl (C=O) groups is 3. The number of rotatable bonds is 11. The third kappa shape index (κ3) is 9.06. The van der Waals surface area contributed by atoms with Crippen molar-refractivity contribution in [3.63, 3.8) is 0 Å². The standard InChI is InChI=1S/C33H38BrNO7S/c1-33(2,3)42-25(36)20-40-28-26(34)29(43-30(28)32(38)39-4)23-16-11-17-24(18-23)35-27(22-14-9-6-10-15-22)31(37)41-19-21-12-7-5-8-13-21/h5,7-8,11-13,16-18,22,27,35H,6,9-10,14-15,19-20H2,1-4H3. The average molecular weight is 673 g/mol. The van der Waals surface area contributed by atoms with Gasteiger partial charge in [-0.05, 0) is 78.7 Å². The van der Waals surface area contributed by atoms with Crippen LogP contribution in [0.25, 0.3) is 10.4 Å². The summed E-state index contributed by atoms with van der Waals surface area (Å²) in [6.45, 7) is 5.16.